The van der Waals surface area contributed by atoms with E-state index in [9.17, 15) is 14.0 Å². The van der Waals surface area contributed by atoms with E-state index < -0.39 is 10.7 Å². The van der Waals surface area contributed by atoms with Crippen LogP contribution in [0, 0.1) is 5.82 Å². The Kier molecular flexibility index (Phi) is 6.45. The van der Waals surface area contributed by atoms with Crippen LogP contribution >= 0.6 is 11.8 Å². The molecule has 0 aromatic heterocycles. The first-order valence-electron chi connectivity index (χ1n) is 10.5. The van der Waals surface area contributed by atoms with Crippen molar-refractivity contribution < 1.29 is 23.5 Å². The third-order valence-corrected chi connectivity index (χ3v) is 7.51. The molecule has 0 unspecified atom stereocenters. The second kappa shape index (κ2) is 9.28. The summed E-state index contributed by atoms with van der Waals surface area (Å²) >= 11 is 1.72. The van der Waals surface area contributed by atoms with Gasteiger partial charge in [0.2, 0.25) is 0 Å². The number of carbonyl (C=O) groups excluding carboxylic acids is 2. The quantitative estimate of drug-likeness (QED) is 0.747. The number of carbonyl (C=O) groups is 2. The number of nitrogens with zero attached hydrogens (tertiary/aromatic N) is 2. The Morgan fingerprint density at radius 2 is 1.69 bits per heavy atom. The normalized spacial score (nSPS) is 17.3. The van der Waals surface area contributed by atoms with Crippen LogP contribution in [0.3, 0.4) is 0 Å². The van der Waals surface area contributed by atoms with Crippen LogP contribution in [0.2, 0.25) is 0 Å². The van der Waals surface area contributed by atoms with Gasteiger partial charge in [-0.3, -0.25) is 4.79 Å². The minimum atomic E-state index is -0.505. The first-order valence-corrected chi connectivity index (χ1v) is 11.4. The molecule has 0 aliphatic carbocycles. The lowest BCUT2D eigenvalue weighted by Crippen LogP contribution is -2.54. The van der Waals surface area contributed by atoms with E-state index in [1.54, 1.807) is 66.1 Å². The second-order valence-corrected chi connectivity index (χ2v) is 9.21. The Morgan fingerprint density at radius 3 is 2.31 bits per heavy atom. The van der Waals surface area contributed by atoms with Crippen molar-refractivity contribution in [2.75, 3.05) is 44.9 Å². The Labute approximate surface area is 190 Å². The third-order valence-electron chi connectivity index (χ3n) is 5.96. The Balaban J connectivity index is 1.42. The number of halogens is 1. The molecular formula is C23H26FN3O4S. The fourth-order valence-corrected chi connectivity index (χ4v) is 5.69. The molecule has 32 heavy (non-hydrogen) atoms. The number of thioether (sulfide) groups is 1. The van der Waals surface area contributed by atoms with Gasteiger partial charge in [-0.15, -0.1) is 11.8 Å². The Bertz CT molecular complexity index is 988. The molecule has 1 spiro atoms. The molecule has 2 fully saturated rings. The van der Waals surface area contributed by atoms with Crippen LogP contribution < -0.4 is 14.8 Å². The molecule has 0 radical (unpaired) electrons. The number of urea groups is 1. The van der Waals surface area contributed by atoms with Crippen LogP contribution in [0.15, 0.2) is 42.5 Å². The summed E-state index contributed by atoms with van der Waals surface area (Å²) in [5, 5.41) is 2.90. The predicted octanol–water partition coefficient (Wildman–Crippen LogP) is 4.06. The number of methoxy groups -OCH3 is 2. The number of ether oxygens (including phenoxy) is 2. The number of anilines is 1. The average Bonchev–Trinajstić information content (AvgIpc) is 3.21. The molecule has 2 aromatic carbocycles. The summed E-state index contributed by atoms with van der Waals surface area (Å²) in [7, 11) is 3.11. The van der Waals surface area contributed by atoms with Gasteiger partial charge in [-0.05, 0) is 25.0 Å². The summed E-state index contributed by atoms with van der Waals surface area (Å²) in [5.74, 6) is 1.18. The van der Waals surface area contributed by atoms with Gasteiger partial charge in [-0.1, -0.05) is 12.1 Å². The highest BCUT2D eigenvalue weighted by molar-refractivity contribution is 8.00. The smallest absolute Gasteiger partial charge is 0.321 e. The van der Waals surface area contributed by atoms with E-state index in [0.717, 1.165) is 5.75 Å². The molecule has 1 N–H and O–H groups in total. The molecule has 0 bridgehead atoms. The van der Waals surface area contributed by atoms with E-state index in [-0.39, 0.29) is 17.5 Å². The lowest BCUT2D eigenvalue weighted by Gasteiger charge is -2.44. The summed E-state index contributed by atoms with van der Waals surface area (Å²) in [6.07, 6.45) is 1.26. The van der Waals surface area contributed by atoms with E-state index in [4.69, 9.17) is 9.47 Å². The number of piperidine rings is 1. The van der Waals surface area contributed by atoms with Crippen molar-refractivity contribution in [2.45, 2.75) is 17.7 Å². The first kappa shape index (κ1) is 22.3. The maximum atomic E-state index is 14.2. The van der Waals surface area contributed by atoms with Gasteiger partial charge in [-0.2, -0.15) is 0 Å². The molecule has 2 aromatic rings. The van der Waals surface area contributed by atoms with Gasteiger partial charge in [-0.25, -0.2) is 9.18 Å². The minimum absolute atomic E-state index is 0.0986. The number of amides is 3. The summed E-state index contributed by atoms with van der Waals surface area (Å²) < 4.78 is 24.7. The lowest BCUT2D eigenvalue weighted by atomic mass is 10.0. The van der Waals surface area contributed by atoms with Gasteiger partial charge in [0.25, 0.3) is 5.91 Å². The van der Waals surface area contributed by atoms with Crippen LogP contribution in [0.25, 0.3) is 0 Å². The zero-order chi connectivity index (χ0) is 22.7. The van der Waals surface area contributed by atoms with E-state index in [2.05, 4.69) is 5.32 Å². The standard InChI is InChI=1S/C23H26FN3O4S/c1-30-17-13-16(14-18(15-17)31-2)25-22(29)26-9-7-23(8-10-26)27(11-12-32-23)21(28)19-5-3-4-6-20(19)24/h3-6,13-15H,7-12H2,1-2H3,(H,25,29). The van der Waals surface area contributed by atoms with Crippen LogP contribution in [0.1, 0.15) is 23.2 Å². The largest absolute Gasteiger partial charge is 0.497 e. The monoisotopic (exact) mass is 459 g/mol. The van der Waals surface area contributed by atoms with Crippen molar-refractivity contribution in [2.24, 2.45) is 0 Å². The fourth-order valence-electron chi connectivity index (χ4n) is 4.23. The molecule has 0 atom stereocenters. The predicted molar refractivity (Wildman–Crippen MR) is 122 cm³/mol. The zero-order valence-corrected chi connectivity index (χ0v) is 18.9. The number of nitrogens with one attached hydrogen (secondary N) is 1. The number of rotatable bonds is 4. The van der Waals surface area contributed by atoms with Crippen LogP contribution in [0.5, 0.6) is 11.5 Å². The van der Waals surface area contributed by atoms with Gasteiger partial charge < -0.3 is 24.6 Å². The summed E-state index contributed by atoms with van der Waals surface area (Å²) in [4.78, 5) is 29.0. The first-order chi connectivity index (χ1) is 15.5. The summed E-state index contributed by atoms with van der Waals surface area (Å²) in [6.45, 7) is 1.58. The molecule has 7 nitrogen and oxygen atoms in total. The van der Waals surface area contributed by atoms with Crippen molar-refractivity contribution in [3.05, 3.63) is 53.8 Å². The highest BCUT2D eigenvalue weighted by atomic mass is 32.2. The highest BCUT2D eigenvalue weighted by Crippen LogP contribution is 2.44. The van der Waals surface area contributed by atoms with Gasteiger partial charge in [0.1, 0.15) is 17.3 Å². The molecule has 9 heteroatoms. The van der Waals surface area contributed by atoms with Crippen LogP contribution in [-0.4, -0.2) is 66.2 Å². The molecule has 2 aliphatic heterocycles. The molecule has 2 aliphatic rings. The number of hydrogen-bond donors (Lipinski definition) is 1. The Hall–Kier alpha value is -2.94. The maximum absolute atomic E-state index is 14.2. The van der Waals surface area contributed by atoms with E-state index in [1.807, 2.05) is 0 Å². The molecule has 170 valence electrons. The number of hydrogen-bond acceptors (Lipinski definition) is 5. The van der Waals surface area contributed by atoms with Gasteiger partial charge >= 0.3 is 6.03 Å². The van der Waals surface area contributed by atoms with E-state index in [0.29, 0.717) is 49.7 Å². The summed E-state index contributed by atoms with van der Waals surface area (Å²) in [6, 6.07) is 11.1. The highest BCUT2D eigenvalue weighted by Gasteiger charge is 2.47. The SMILES string of the molecule is COc1cc(NC(=O)N2CCC3(CC2)SCCN3C(=O)c2ccccc2F)cc(OC)c1. The average molecular weight is 460 g/mol. The molecule has 0 saturated carbocycles. The topological polar surface area (TPSA) is 71.1 Å². The third kappa shape index (κ3) is 4.34. The van der Waals surface area contributed by atoms with Crippen molar-refractivity contribution in [1.82, 2.24) is 9.80 Å². The molecule has 3 amide bonds. The number of benzene rings is 2. The maximum Gasteiger partial charge on any atom is 0.321 e. The van der Waals surface area contributed by atoms with Crippen LogP contribution in [-0.2, 0) is 0 Å². The molecule has 2 saturated heterocycles. The second-order valence-electron chi connectivity index (χ2n) is 7.75. The zero-order valence-electron chi connectivity index (χ0n) is 18.1. The van der Waals surface area contributed by atoms with Crippen molar-refractivity contribution in [3.63, 3.8) is 0 Å². The molecular weight excluding hydrogens is 433 g/mol. The van der Waals surface area contributed by atoms with E-state index in [1.165, 1.54) is 12.1 Å². The fraction of sp³-hybridized carbons (Fsp3) is 0.391. The van der Waals surface area contributed by atoms with Crippen molar-refractivity contribution in [3.8, 4) is 11.5 Å². The minimum Gasteiger partial charge on any atom is -0.497 e. The lowest BCUT2D eigenvalue weighted by molar-refractivity contribution is 0.0581. The molecule has 2 heterocycles. The van der Waals surface area contributed by atoms with Crippen molar-refractivity contribution in [1.29, 1.82) is 0 Å². The van der Waals surface area contributed by atoms with Crippen LogP contribution in [0.4, 0.5) is 14.9 Å². The molecule has 4 rings (SSSR count). The van der Waals surface area contributed by atoms with Gasteiger partial charge in [0.05, 0.1) is 24.7 Å². The Morgan fingerprint density at radius 1 is 1.03 bits per heavy atom. The van der Waals surface area contributed by atoms with Gasteiger partial charge in [0.15, 0.2) is 0 Å². The number of likely N-dealkylation sites (tertiary alicyclic amines) is 1. The van der Waals surface area contributed by atoms with Gasteiger partial charge in [0, 0.05) is 49.3 Å². The van der Waals surface area contributed by atoms with Crippen molar-refractivity contribution >= 4 is 29.4 Å². The summed E-state index contributed by atoms with van der Waals surface area (Å²) in [5.41, 5.74) is 0.680. The van der Waals surface area contributed by atoms with E-state index >= 15 is 0 Å².